The Bertz CT molecular complexity index is 646. The number of rotatable bonds is 3. The molecule has 4 nitrogen and oxygen atoms in total. The third-order valence-electron chi connectivity index (χ3n) is 2.53. The Morgan fingerprint density at radius 2 is 1.79 bits per heavy atom. The number of carbonyl (C=O) groups excluding carboxylic acids is 1. The lowest BCUT2D eigenvalue weighted by Crippen LogP contribution is -2.13. The third-order valence-corrected chi connectivity index (χ3v) is 3.13. The third kappa shape index (κ3) is 3.03. The second-order valence-electron chi connectivity index (χ2n) is 3.92. The molecule has 0 unspecified atom stereocenters. The van der Waals surface area contributed by atoms with Crippen molar-refractivity contribution < 1.29 is 9.18 Å². The van der Waals surface area contributed by atoms with Crippen LogP contribution in [0.1, 0.15) is 10.4 Å². The molecule has 2 aromatic rings. The molecule has 2 aromatic carbocycles. The fraction of sp³-hybridized carbons (Fsp3) is 0. The van der Waals surface area contributed by atoms with Crippen molar-refractivity contribution in [1.29, 1.82) is 0 Å². The van der Waals surface area contributed by atoms with Gasteiger partial charge in [0.05, 0.1) is 10.0 Å². The van der Waals surface area contributed by atoms with Gasteiger partial charge in [-0.2, -0.15) is 0 Å². The fourth-order valence-electron chi connectivity index (χ4n) is 1.59. The van der Waals surface area contributed by atoms with Gasteiger partial charge in [0.25, 0.3) is 5.91 Å². The molecule has 1 amide bonds. The summed E-state index contributed by atoms with van der Waals surface area (Å²) in [6, 6.07) is 9.35. The van der Waals surface area contributed by atoms with Crippen molar-refractivity contribution in [3.63, 3.8) is 0 Å². The van der Waals surface area contributed by atoms with Crippen molar-refractivity contribution in [2.24, 2.45) is 5.73 Å². The van der Waals surface area contributed by atoms with E-state index >= 15 is 0 Å². The molecule has 0 radical (unpaired) electrons. The van der Waals surface area contributed by atoms with Gasteiger partial charge in [0.15, 0.2) is 0 Å². The lowest BCUT2D eigenvalue weighted by molar-refractivity contribution is 0.100. The van der Waals surface area contributed by atoms with Crippen molar-refractivity contribution >= 4 is 38.9 Å². The van der Waals surface area contributed by atoms with Gasteiger partial charge in [-0.15, -0.1) is 0 Å². The average molecular weight is 324 g/mol. The second kappa shape index (κ2) is 5.27. The zero-order valence-electron chi connectivity index (χ0n) is 9.78. The van der Waals surface area contributed by atoms with Crippen LogP contribution >= 0.6 is 15.9 Å². The normalized spacial score (nSPS) is 10.2. The maximum atomic E-state index is 13.1. The van der Waals surface area contributed by atoms with Crippen molar-refractivity contribution in [2.45, 2.75) is 0 Å². The summed E-state index contributed by atoms with van der Waals surface area (Å²) in [6.45, 7) is 0. The first-order valence-electron chi connectivity index (χ1n) is 5.39. The number of benzene rings is 2. The molecule has 0 fully saturated rings. The lowest BCUT2D eigenvalue weighted by Gasteiger charge is -2.09. The van der Waals surface area contributed by atoms with Gasteiger partial charge >= 0.3 is 0 Å². The van der Waals surface area contributed by atoms with Gasteiger partial charge in [-0.3, -0.25) is 4.79 Å². The van der Waals surface area contributed by atoms with Crippen molar-refractivity contribution in [1.82, 2.24) is 0 Å². The standard InChI is InChI=1S/C13H11BrFN3O/c14-10-6-8(1-3-11(10)15)18-7-2-4-12(16)9(5-7)13(17)19/h1-6,18H,16H2,(H2,17,19). The highest BCUT2D eigenvalue weighted by atomic mass is 79.9. The predicted molar refractivity (Wildman–Crippen MR) is 76.8 cm³/mol. The maximum absolute atomic E-state index is 13.1. The minimum absolute atomic E-state index is 0.242. The monoisotopic (exact) mass is 323 g/mol. The van der Waals surface area contributed by atoms with Crippen LogP contribution in [0.5, 0.6) is 0 Å². The Morgan fingerprint density at radius 1 is 1.16 bits per heavy atom. The van der Waals surface area contributed by atoms with E-state index in [2.05, 4.69) is 21.2 Å². The number of nitrogen functional groups attached to an aromatic ring is 1. The summed E-state index contributed by atoms with van der Waals surface area (Å²) in [5.74, 6) is -0.942. The van der Waals surface area contributed by atoms with Gasteiger partial charge in [0, 0.05) is 17.1 Å². The number of nitrogens with two attached hydrogens (primary N) is 2. The molecule has 98 valence electrons. The van der Waals surface area contributed by atoms with E-state index in [1.807, 2.05) is 0 Å². The average Bonchev–Trinajstić information content (AvgIpc) is 2.36. The number of nitrogens with one attached hydrogen (secondary N) is 1. The predicted octanol–water partition coefficient (Wildman–Crippen LogP) is 3.01. The van der Waals surface area contributed by atoms with E-state index in [-0.39, 0.29) is 11.4 Å². The minimum atomic E-state index is -0.596. The summed E-state index contributed by atoms with van der Waals surface area (Å²) in [5.41, 5.74) is 12.7. The molecule has 0 aliphatic heterocycles. The van der Waals surface area contributed by atoms with Crippen LogP contribution in [-0.4, -0.2) is 5.91 Å². The van der Waals surface area contributed by atoms with Crippen molar-refractivity contribution in [3.8, 4) is 0 Å². The Balaban J connectivity index is 2.30. The van der Waals surface area contributed by atoms with Crippen molar-refractivity contribution in [3.05, 3.63) is 52.3 Å². The van der Waals surface area contributed by atoms with Gasteiger partial charge in [-0.25, -0.2) is 4.39 Å². The van der Waals surface area contributed by atoms with E-state index in [4.69, 9.17) is 11.5 Å². The van der Waals surface area contributed by atoms with Crippen molar-refractivity contribution in [2.75, 3.05) is 11.1 Å². The van der Waals surface area contributed by atoms with Gasteiger partial charge in [0.2, 0.25) is 0 Å². The number of primary amides is 1. The van der Waals surface area contributed by atoms with Crippen LogP contribution in [0.15, 0.2) is 40.9 Å². The lowest BCUT2D eigenvalue weighted by atomic mass is 10.1. The molecule has 0 saturated heterocycles. The summed E-state index contributed by atoms with van der Waals surface area (Å²) in [6.07, 6.45) is 0. The molecule has 0 aliphatic rings. The van der Waals surface area contributed by atoms with E-state index in [0.717, 1.165) is 0 Å². The quantitative estimate of drug-likeness (QED) is 0.759. The van der Waals surface area contributed by atoms with E-state index in [1.54, 1.807) is 30.3 Å². The van der Waals surface area contributed by atoms with Crippen LogP contribution in [0.2, 0.25) is 0 Å². The molecule has 19 heavy (non-hydrogen) atoms. The highest BCUT2D eigenvalue weighted by Gasteiger charge is 2.07. The molecule has 0 aliphatic carbocycles. The molecule has 0 bridgehead atoms. The summed E-state index contributed by atoms with van der Waals surface area (Å²) < 4.78 is 13.5. The highest BCUT2D eigenvalue weighted by molar-refractivity contribution is 9.10. The first kappa shape index (κ1) is 13.4. The smallest absolute Gasteiger partial charge is 0.250 e. The Hall–Kier alpha value is -2.08. The van der Waals surface area contributed by atoms with Crippen LogP contribution in [0.25, 0.3) is 0 Å². The Morgan fingerprint density at radius 3 is 2.42 bits per heavy atom. The van der Waals surface area contributed by atoms with Gasteiger partial charge in [-0.05, 0) is 52.3 Å². The Kier molecular flexibility index (Phi) is 3.71. The zero-order valence-corrected chi connectivity index (χ0v) is 11.4. The van der Waals surface area contributed by atoms with Gasteiger partial charge < -0.3 is 16.8 Å². The van der Waals surface area contributed by atoms with Crippen LogP contribution in [0, 0.1) is 5.82 Å². The molecule has 0 atom stereocenters. The van der Waals surface area contributed by atoms with Crippen LogP contribution in [0.4, 0.5) is 21.5 Å². The topological polar surface area (TPSA) is 81.1 Å². The number of anilines is 3. The number of hydrogen-bond donors (Lipinski definition) is 3. The molecule has 0 heterocycles. The first-order valence-corrected chi connectivity index (χ1v) is 6.18. The van der Waals surface area contributed by atoms with Crippen LogP contribution < -0.4 is 16.8 Å². The number of carbonyl (C=O) groups is 1. The number of halogens is 2. The summed E-state index contributed by atoms with van der Waals surface area (Å²) in [7, 11) is 0. The fourth-order valence-corrected chi connectivity index (χ4v) is 1.97. The SMILES string of the molecule is NC(=O)c1cc(Nc2ccc(F)c(Br)c2)ccc1N. The number of amides is 1. The van der Waals surface area contributed by atoms with Crippen LogP contribution in [-0.2, 0) is 0 Å². The molecule has 0 saturated carbocycles. The van der Waals surface area contributed by atoms with E-state index in [9.17, 15) is 9.18 Å². The van der Waals surface area contributed by atoms with E-state index in [1.165, 1.54) is 6.07 Å². The molecule has 2 rings (SSSR count). The van der Waals surface area contributed by atoms with Crippen LogP contribution in [0.3, 0.4) is 0 Å². The number of hydrogen-bond acceptors (Lipinski definition) is 3. The molecule has 0 aromatic heterocycles. The molecule has 5 N–H and O–H groups in total. The zero-order chi connectivity index (χ0) is 14.0. The van der Waals surface area contributed by atoms with E-state index in [0.29, 0.717) is 21.5 Å². The molecular formula is C13H11BrFN3O. The van der Waals surface area contributed by atoms with Gasteiger partial charge in [-0.1, -0.05) is 0 Å². The highest BCUT2D eigenvalue weighted by Crippen LogP contribution is 2.25. The molecule has 6 heteroatoms. The molecular weight excluding hydrogens is 313 g/mol. The van der Waals surface area contributed by atoms with E-state index < -0.39 is 5.91 Å². The Labute approximate surface area is 117 Å². The summed E-state index contributed by atoms with van der Waals surface area (Å²) in [4.78, 5) is 11.2. The largest absolute Gasteiger partial charge is 0.398 e. The summed E-state index contributed by atoms with van der Waals surface area (Å²) in [5, 5.41) is 3.03. The maximum Gasteiger partial charge on any atom is 0.250 e. The second-order valence-corrected chi connectivity index (χ2v) is 4.77. The first-order chi connectivity index (χ1) is 8.97. The summed E-state index contributed by atoms with van der Waals surface area (Å²) >= 11 is 3.10. The van der Waals surface area contributed by atoms with Gasteiger partial charge in [0.1, 0.15) is 5.82 Å². The molecule has 0 spiro atoms. The minimum Gasteiger partial charge on any atom is -0.398 e.